The van der Waals surface area contributed by atoms with Crippen LogP contribution in [-0.2, 0) is 4.79 Å². The van der Waals surface area contributed by atoms with Crippen LogP contribution in [0, 0.1) is 6.92 Å². The van der Waals surface area contributed by atoms with Crippen LogP contribution in [0.25, 0.3) is 0 Å². The normalized spacial score (nSPS) is 13.7. The largest absolute Gasteiger partial charge is 0.481 e. The Kier molecular flexibility index (Phi) is 5.83. The van der Waals surface area contributed by atoms with Crippen LogP contribution in [0.2, 0.25) is 0 Å². The van der Waals surface area contributed by atoms with Gasteiger partial charge >= 0.3 is 0 Å². The van der Waals surface area contributed by atoms with E-state index in [0.717, 1.165) is 17.5 Å². The molecular formula is C15H24N2O2. The number of ether oxygens (including phenoxy) is 1. The maximum Gasteiger partial charge on any atom is 0.260 e. The lowest BCUT2D eigenvalue weighted by Gasteiger charge is -2.19. The van der Waals surface area contributed by atoms with Crippen LogP contribution in [-0.4, -0.2) is 18.6 Å². The number of nitrogens with one attached hydrogen (secondary N) is 1. The molecule has 0 saturated carbocycles. The summed E-state index contributed by atoms with van der Waals surface area (Å²) < 4.78 is 5.73. The molecule has 0 aliphatic heterocycles. The second-order valence-corrected chi connectivity index (χ2v) is 4.88. The van der Waals surface area contributed by atoms with E-state index in [0.29, 0.717) is 12.3 Å². The van der Waals surface area contributed by atoms with Gasteiger partial charge in [0, 0.05) is 18.2 Å². The molecule has 19 heavy (non-hydrogen) atoms. The highest BCUT2D eigenvalue weighted by Gasteiger charge is 2.17. The number of hydrogen-bond acceptors (Lipinski definition) is 3. The van der Waals surface area contributed by atoms with E-state index in [1.165, 1.54) is 0 Å². The lowest BCUT2D eigenvalue weighted by molar-refractivity contribution is -0.127. The van der Waals surface area contributed by atoms with Gasteiger partial charge in [0.15, 0.2) is 6.10 Å². The molecule has 0 fully saturated rings. The minimum atomic E-state index is -0.522. The summed E-state index contributed by atoms with van der Waals surface area (Å²) in [5.74, 6) is 0.581. The van der Waals surface area contributed by atoms with Gasteiger partial charge in [-0.1, -0.05) is 24.6 Å². The molecule has 0 spiro atoms. The van der Waals surface area contributed by atoms with Crippen LogP contribution in [0.15, 0.2) is 18.2 Å². The molecule has 4 heteroatoms. The molecule has 3 N–H and O–H groups in total. The lowest BCUT2D eigenvalue weighted by Crippen LogP contribution is -2.36. The number of rotatable bonds is 6. The molecule has 2 atom stereocenters. The van der Waals surface area contributed by atoms with Gasteiger partial charge in [-0.15, -0.1) is 0 Å². The first-order chi connectivity index (χ1) is 8.95. The van der Waals surface area contributed by atoms with Crippen molar-refractivity contribution < 1.29 is 9.53 Å². The van der Waals surface area contributed by atoms with Gasteiger partial charge in [-0.05, 0) is 33.3 Å². The van der Waals surface area contributed by atoms with E-state index in [1.807, 2.05) is 39.0 Å². The lowest BCUT2D eigenvalue weighted by atomic mass is 10.1. The van der Waals surface area contributed by atoms with Crippen LogP contribution >= 0.6 is 0 Å². The van der Waals surface area contributed by atoms with Gasteiger partial charge in [-0.2, -0.15) is 0 Å². The molecule has 0 bridgehead atoms. The average molecular weight is 264 g/mol. The highest BCUT2D eigenvalue weighted by Crippen LogP contribution is 2.25. The van der Waals surface area contributed by atoms with Gasteiger partial charge in [-0.25, -0.2) is 0 Å². The molecule has 1 aromatic carbocycles. The first-order valence-electron chi connectivity index (χ1n) is 6.76. The molecular weight excluding hydrogens is 240 g/mol. The van der Waals surface area contributed by atoms with Crippen molar-refractivity contribution in [2.24, 2.45) is 5.73 Å². The Morgan fingerprint density at radius 2 is 2.11 bits per heavy atom. The van der Waals surface area contributed by atoms with Crippen molar-refractivity contribution in [1.29, 1.82) is 0 Å². The standard InChI is InChI=1S/C15H24N2O2/c1-5-8-17-15(18)12(4)19-14-7-6-10(2)9-13(14)11(3)16/h6-7,9,11-12H,5,8,16H2,1-4H3,(H,17,18)/t11-,12?/m1/s1. The maximum absolute atomic E-state index is 11.8. The topological polar surface area (TPSA) is 64.3 Å². The minimum absolute atomic E-state index is 0.0990. The zero-order valence-corrected chi connectivity index (χ0v) is 12.2. The highest BCUT2D eigenvalue weighted by atomic mass is 16.5. The Balaban J connectivity index is 2.78. The second-order valence-electron chi connectivity index (χ2n) is 4.88. The minimum Gasteiger partial charge on any atom is -0.481 e. The number of carbonyl (C=O) groups is 1. The second kappa shape index (κ2) is 7.14. The van der Waals surface area contributed by atoms with Crippen molar-refractivity contribution in [2.75, 3.05) is 6.54 Å². The summed E-state index contributed by atoms with van der Waals surface area (Å²) in [7, 11) is 0. The van der Waals surface area contributed by atoms with Crippen LogP contribution in [0.5, 0.6) is 5.75 Å². The molecule has 1 rings (SSSR count). The third kappa shape index (κ3) is 4.56. The number of hydrogen-bond donors (Lipinski definition) is 2. The summed E-state index contributed by atoms with van der Waals surface area (Å²) in [5, 5.41) is 2.82. The van der Waals surface area contributed by atoms with E-state index < -0.39 is 6.10 Å². The highest BCUT2D eigenvalue weighted by molar-refractivity contribution is 5.80. The van der Waals surface area contributed by atoms with E-state index in [2.05, 4.69) is 5.32 Å². The van der Waals surface area contributed by atoms with Gasteiger partial charge < -0.3 is 15.8 Å². The first kappa shape index (κ1) is 15.5. The van der Waals surface area contributed by atoms with Gasteiger partial charge in [-0.3, -0.25) is 4.79 Å². The van der Waals surface area contributed by atoms with E-state index in [1.54, 1.807) is 6.92 Å². The van der Waals surface area contributed by atoms with Crippen molar-refractivity contribution in [2.45, 2.75) is 46.3 Å². The van der Waals surface area contributed by atoms with Crippen LogP contribution < -0.4 is 15.8 Å². The van der Waals surface area contributed by atoms with E-state index in [4.69, 9.17) is 10.5 Å². The van der Waals surface area contributed by atoms with E-state index >= 15 is 0 Å². The Morgan fingerprint density at radius 1 is 1.42 bits per heavy atom. The predicted molar refractivity (Wildman–Crippen MR) is 77.2 cm³/mol. The molecule has 0 radical (unpaired) electrons. The fourth-order valence-electron chi connectivity index (χ4n) is 1.77. The van der Waals surface area contributed by atoms with E-state index in [-0.39, 0.29) is 11.9 Å². The third-order valence-corrected chi connectivity index (χ3v) is 2.88. The molecule has 1 aromatic rings. The van der Waals surface area contributed by atoms with Crippen molar-refractivity contribution in [3.05, 3.63) is 29.3 Å². The Morgan fingerprint density at radius 3 is 2.68 bits per heavy atom. The van der Waals surface area contributed by atoms with Gasteiger partial charge in [0.1, 0.15) is 5.75 Å². The first-order valence-corrected chi connectivity index (χ1v) is 6.76. The number of aryl methyl sites for hydroxylation is 1. The average Bonchev–Trinajstić information content (AvgIpc) is 2.37. The summed E-state index contributed by atoms with van der Waals surface area (Å²) in [5.41, 5.74) is 7.99. The van der Waals surface area contributed by atoms with Crippen molar-refractivity contribution >= 4 is 5.91 Å². The number of amides is 1. The molecule has 0 heterocycles. The molecule has 1 amide bonds. The molecule has 0 saturated heterocycles. The summed E-state index contributed by atoms with van der Waals surface area (Å²) in [4.78, 5) is 11.8. The maximum atomic E-state index is 11.8. The van der Waals surface area contributed by atoms with Crippen molar-refractivity contribution in [3.63, 3.8) is 0 Å². The van der Waals surface area contributed by atoms with Crippen molar-refractivity contribution in [3.8, 4) is 5.75 Å². The zero-order chi connectivity index (χ0) is 14.4. The smallest absolute Gasteiger partial charge is 0.260 e. The van der Waals surface area contributed by atoms with E-state index in [9.17, 15) is 4.79 Å². The SMILES string of the molecule is CCCNC(=O)C(C)Oc1ccc(C)cc1[C@@H](C)N. The summed E-state index contributed by atoms with van der Waals surface area (Å²) >= 11 is 0. The molecule has 0 aliphatic rings. The fraction of sp³-hybridized carbons (Fsp3) is 0.533. The molecule has 1 unspecified atom stereocenters. The van der Waals surface area contributed by atoms with Crippen LogP contribution in [0.3, 0.4) is 0 Å². The Bertz CT molecular complexity index is 430. The molecule has 106 valence electrons. The molecule has 0 aliphatic carbocycles. The van der Waals surface area contributed by atoms with Crippen molar-refractivity contribution in [1.82, 2.24) is 5.32 Å². The summed E-state index contributed by atoms with van der Waals surface area (Å²) in [6.07, 6.45) is 0.389. The predicted octanol–water partition coefficient (Wildman–Crippen LogP) is 2.31. The Labute approximate surface area is 115 Å². The zero-order valence-electron chi connectivity index (χ0n) is 12.2. The molecule has 4 nitrogen and oxygen atoms in total. The van der Waals surface area contributed by atoms with Gasteiger partial charge in [0.05, 0.1) is 0 Å². The molecule has 0 aromatic heterocycles. The fourth-order valence-corrected chi connectivity index (χ4v) is 1.77. The number of nitrogens with two attached hydrogens (primary N) is 1. The van der Waals surface area contributed by atoms with Crippen LogP contribution in [0.1, 0.15) is 44.4 Å². The number of benzene rings is 1. The van der Waals surface area contributed by atoms with Gasteiger partial charge in [0.25, 0.3) is 5.91 Å². The monoisotopic (exact) mass is 264 g/mol. The van der Waals surface area contributed by atoms with Crippen LogP contribution in [0.4, 0.5) is 0 Å². The Hall–Kier alpha value is -1.55. The summed E-state index contributed by atoms with van der Waals surface area (Å²) in [6.45, 7) is 8.34. The van der Waals surface area contributed by atoms with Gasteiger partial charge in [0.2, 0.25) is 0 Å². The number of carbonyl (C=O) groups excluding carboxylic acids is 1. The third-order valence-electron chi connectivity index (χ3n) is 2.88. The quantitative estimate of drug-likeness (QED) is 0.828. The summed E-state index contributed by atoms with van der Waals surface area (Å²) in [6, 6.07) is 5.70.